The molecule has 5 heteroatoms. The van der Waals surface area contributed by atoms with Gasteiger partial charge in [0.25, 0.3) is 0 Å². The number of rotatable bonds is 3. The summed E-state index contributed by atoms with van der Waals surface area (Å²) in [5.74, 6) is 1.44. The van der Waals surface area contributed by atoms with E-state index in [9.17, 15) is 9.90 Å². The van der Waals surface area contributed by atoms with E-state index in [0.717, 1.165) is 12.5 Å². The van der Waals surface area contributed by atoms with Crippen LogP contribution in [0.1, 0.15) is 61.0 Å². The van der Waals surface area contributed by atoms with Gasteiger partial charge in [-0.1, -0.05) is 26.0 Å². The van der Waals surface area contributed by atoms with E-state index in [1.165, 1.54) is 30.5 Å². The van der Waals surface area contributed by atoms with Crippen molar-refractivity contribution in [3.63, 3.8) is 0 Å². The van der Waals surface area contributed by atoms with Gasteiger partial charge in [-0.2, -0.15) is 0 Å². The molecule has 2 aromatic carbocycles. The molecule has 164 valence electrons. The smallest absolute Gasteiger partial charge is 0.338 e. The number of phenols is 1. The van der Waals surface area contributed by atoms with Crippen LogP contribution < -0.4 is 4.74 Å². The minimum atomic E-state index is -0.318. The maximum absolute atomic E-state index is 11.2. The van der Waals surface area contributed by atoms with Crippen LogP contribution in [0.4, 0.5) is 0 Å². The molecule has 1 saturated heterocycles. The number of likely N-dealkylation sites (tertiary alicyclic amines) is 1. The zero-order valence-corrected chi connectivity index (χ0v) is 18.9. The number of esters is 1. The fourth-order valence-electron chi connectivity index (χ4n) is 4.06. The lowest BCUT2D eigenvalue weighted by molar-refractivity contribution is 0.0526. The first-order valence-corrected chi connectivity index (χ1v) is 10.8. The summed E-state index contributed by atoms with van der Waals surface area (Å²) in [6, 6.07) is 13.5. The average Bonchev–Trinajstić information content (AvgIpc) is 2.79. The van der Waals surface area contributed by atoms with E-state index in [4.69, 9.17) is 9.47 Å². The number of likely N-dealkylation sites (N-methyl/N-ethyl adjacent to an activating group) is 1. The molecule has 0 aromatic heterocycles. The fourth-order valence-corrected chi connectivity index (χ4v) is 4.06. The van der Waals surface area contributed by atoms with Crippen molar-refractivity contribution in [1.82, 2.24) is 4.90 Å². The number of piperidine rings is 1. The van der Waals surface area contributed by atoms with Crippen molar-refractivity contribution in [2.24, 2.45) is 0 Å². The highest BCUT2D eigenvalue weighted by Gasteiger charge is 2.33. The zero-order chi connectivity index (χ0) is 22.1. The summed E-state index contributed by atoms with van der Waals surface area (Å²) in [6.45, 7) is 7.36. The predicted octanol–water partition coefficient (Wildman–Crippen LogP) is 5.02. The van der Waals surface area contributed by atoms with Gasteiger partial charge in [0.15, 0.2) is 0 Å². The number of carbonyl (C=O) groups is 1. The number of hydrogen-bond acceptors (Lipinski definition) is 5. The number of phenolic OH excluding ortho intramolecular Hbond substituents is 1. The second-order valence-electron chi connectivity index (χ2n) is 7.40. The van der Waals surface area contributed by atoms with Crippen LogP contribution in [0.5, 0.6) is 11.5 Å². The molecule has 5 nitrogen and oxygen atoms in total. The van der Waals surface area contributed by atoms with E-state index < -0.39 is 0 Å². The molecule has 2 aromatic rings. The highest BCUT2D eigenvalue weighted by molar-refractivity contribution is 5.89. The van der Waals surface area contributed by atoms with Crippen LogP contribution in [-0.2, 0) is 11.2 Å². The normalized spacial score (nSPS) is 19.2. The van der Waals surface area contributed by atoms with Crippen LogP contribution in [0.25, 0.3) is 0 Å². The summed E-state index contributed by atoms with van der Waals surface area (Å²) in [7, 11) is 3.79. The molecule has 0 spiro atoms. The van der Waals surface area contributed by atoms with Crippen molar-refractivity contribution in [2.75, 3.05) is 27.3 Å². The summed E-state index contributed by atoms with van der Waals surface area (Å²) in [5.41, 5.74) is 3.36. The van der Waals surface area contributed by atoms with E-state index in [1.807, 2.05) is 26.0 Å². The van der Waals surface area contributed by atoms with Gasteiger partial charge in [0.2, 0.25) is 0 Å². The molecular formula is C25H35NO4. The Balaban J connectivity index is 0.000000200. The lowest BCUT2D eigenvalue weighted by Gasteiger charge is -2.42. The Morgan fingerprint density at radius 1 is 1.20 bits per heavy atom. The third-order valence-electron chi connectivity index (χ3n) is 5.62. The molecule has 2 aliphatic rings. The molecule has 30 heavy (non-hydrogen) atoms. The fraction of sp³-hybridized carbons (Fsp3) is 0.480. The Labute approximate surface area is 180 Å². The van der Waals surface area contributed by atoms with E-state index in [2.05, 4.69) is 18.0 Å². The van der Waals surface area contributed by atoms with E-state index in [0.29, 0.717) is 29.6 Å². The molecule has 4 rings (SSSR count). The standard InChI is InChI=1S/C13H17NO.C10H12O3.C2H6/c1-14-5-4-10-7-11(14)6-9-2-3-12(15)8-13(9)10;1-3-13-10(11)8-5-4-6-9(7-8)12-2;1-2/h2-3,8,10-11,15H,4-7H2,1H3;4-7H,3H2,1-2H3;1-2H3. The maximum atomic E-state index is 11.2. The molecule has 0 radical (unpaired) electrons. The second kappa shape index (κ2) is 11.6. The molecular weight excluding hydrogens is 378 g/mol. The van der Waals surface area contributed by atoms with Crippen molar-refractivity contribution in [3.8, 4) is 11.5 Å². The zero-order valence-electron chi connectivity index (χ0n) is 18.9. The average molecular weight is 414 g/mol. The SMILES string of the molecule is CC.CCOC(=O)c1cccc(OC)c1.CN1CCC2CC1Cc1ccc(O)cc12. The van der Waals surface area contributed by atoms with Crippen LogP contribution in [0.2, 0.25) is 0 Å². The first-order valence-electron chi connectivity index (χ1n) is 10.8. The summed E-state index contributed by atoms with van der Waals surface area (Å²) >= 11 is 0. The molecule has 2 bridgehead atoms. The van der Waals surface area contributed by atoms with E-state index in [-0.39, 0.29) is 5.97 Å². The third kappa shape index (κ3) is 5.99. The van der Waals surface area contributed by atoms with Gasteiger partial charge in [0, 0.05) is 6.04 Å². The number of benzene rings is 2. The first kappa shape index (κ1) is 23.7. The maximum Gasteiger partial charge on any atom is 0.338 e. The summed E-state index contributed by atoms with van der Waals surface area (Å²) in [5, 5.41) is 9.53. The molecule has 0 amide bonds. The molecule has 0 saturated carbocycles. The lowest BCUT2D eigenvalue weighted by atomic mass is 9.75. The Bertz CT molecular complexity index is 821. The van der Waals surface area contributed by atoms with Crippen molar-refractivity contribution in [3.05, 3.63) is 59.2 Å². The van der Waals surface area contributed by atoms with Crippen LogP contribution in [0.15, 0.2) is 42.5 Å². The van der Waals surface area contributed by atoms with Crippen LogP contribution in [0.3, 0.4) is 0 Å². The first-order chi connectivity index (χ1) is 14.5. The predicted molar refractivity (Wildman–Crippen MR) is 121 cm³/mol. The molecule has 1 aliphatic carbocycles. The minimum absolute atomic E-state index is 0.318. The topological polar surface area (TPSA) is 59.0 Å². The van der Waals surface area contributed by atoms with Crippen molar-refractivity contribution >= 4 is 5.97 Å². The van der Waals surface area contributed by atoms with Gasteiger partial charge in [-0.05, 0) is 87.2 Å². The van der Waals surface area contributed by atoms with Crippen molar-refractivity contribution in [2.45, 2.75) is 52.0 Å². The number of fused-ring (bicyclic) bond motifs is 4. The van der Waals surface area contributed by atoms with Gasteiger partial charge >= 0.3 is 5.97 Å². The Morgan fingerprint density at radius 2 is 1.97 bits per heavy atom. The Kier molecular flexibility index (Phi) is 9.18. The van der Waals surface area contributed by atoms with Gasteiger partial charge in [0.05, 0.1) is 19.3 Å². The lowest BCUT2D eigenvalue weighted by Crippen LogP contribution is -2.43. The van der Waals surface area contributed by atoms with Gasteiger partial charge in [-0.25, -0.2) is 4.79 Å². The molecule has 2 atom stereocenters. The third-order valence-corrected chi connectivity index (χ3v) is 5.62. The quantitative estimate of drug-likeness (QED) is 0.716. The number of ether oxygens (including phenoxy) is 2. The van der Waals surface area contributed by atoms with Crippen molar-refractivity contribution in [1.29, 1.82) is 0 Å². The number of aromatic hydroxyl groups is 1. The van der Waals surface area contributed by atoms with Crippen molar-refractivity contribution < 1.29 is 19.4 Å². The highest BCUT2D eigenvalue weighted by Crippen LogP contribution is 2.40. The molecule has 1 fully saturated rings. The summed E-state index contributed by atoms with van der Waals surface area (Å²) in [6.07, 6.45) is 3.67. The molecule has 1 N–H and O–H groups in total. The van der Waals surface area contributed by atoms with Gasteiger partial charge in [-0.3, -0.25) is 0 Å². The summed E-state index contributed by atoms with van der Waals surface area (Å²) < 4.78 is 9.81. The second-order valence-corrected chi connectivity index (χ2v) is 7.40. The number of carbonyl (C=O) groups excluding carboxylic acids is 1. The molecule has 1 heterocycles. The van der Waals surface area contributed by atoms with Gasteiger partial charge in [-0.15, -0.1) is 0 Å². The number of hydrogen-bond donors (Lipinski definition) is 1. The largest absolute Gasteiger partial charge is 0.508 e. The van der Waals surface area contributed by atoms with Crippen LogP contribution in [-0.4, -0.2) is 49.3 Å². The van der Waals surface area contributed by atoms with Gasteiger partial charge < -0.3 is 19.5 Å². The monoisotopic (exact) mass is 413 g/mol. The molecule has 1 aliphatic heterocycles. The van der Waals surface area contributed by atoms with Crippen LogP contribution >= 0.6 is 0 Å². The Morgan fingerprint density at radius 3 is 2.67 bits per heavy atom. The summed E-state index contributed by atoms with van der Waals surface area (Å²) in [4.78, 5) is 13.7. The van der Waals surface area contributed by atoms with Gasteiger partial charge in [0.1, 0.15) is 11.5 Å². The Hall–Kier alpha value is -2.53. The van der Waals surface area contributed by atoms with Crippen LogP contribution in [0, 0.1) is 0 Å². The van der Waals surface area contributed by atoms with E-state index in [1.54, 1.807) is 38.3 Å². The number of nitrogens with zero attached hydrogens (tertiary/aromatic N) is 1. The minimum Gasteiger partial charge on any atom is -0.508 e. The number of methoxy groups -OCH3 is 1. The molecule has 2 unspecified atom stereocenters. The highest BCUT2D eigenvalue weighted by atomic mass is 16.5. The van der Waals surface area contributed by atoms with E-state index >= 15 is 0 Å².